The number of halogens is 1. The monoisotopic (exact) mass is 375 g/mol. The Hall–Kier alpha value is -2.47. The molecular formula is C19H22ClN3O3. The van der Waals surface area contributed by atoms with E-state index in [1.807, 2.05) is 33.0 Å². The first kappa shape index (κ1) is 18.3. The molecule has 3 rings (SSSR count). The molecule has 1 atom stereocenters. The normalized spacial score (nSPS) is 15.0. The highest BCUT2D eigenvalue weighted by Crippen LogP contribution is 2.35. The number of nitrogens with one attached hydrogen (secondary N) is 1. The third-order valence-electron chi connectivity index (χ3n) is 4.53. The average molecular weight is 376 g/mol. The summed E-state index contributed by atoms with van der Waals surface area (Å²) in [7, 11) is 1.98. The summed E-state index contributed by atoms with van der Waals surface area (Å²) in [5, 5.41) is 3.37. The molecule has 2 aromatic rings. The topological polar surface area (TPSA) is 65.8 Å². The van der Waals surface area contributed by atoms with E-state index in [4.69, 9.17) is 16.0 Å². The van der Waals surface area contributed by atoms with Gasteiger partial charge in [-0.25, -0.2) is 0 Å². The van der Waals surface area contributed by atoms with E-state index in [0.717, 1.165) is 11.4 Å². The molecule has 1 aromatic carbocycles. The predicted octanol–water partition coefficient (Wildman–Crippen LogP) is 3.17. The summed E-state index contributed by atoms with van der Waals surface area (Å²) in [5.74, 6) is -0.451. The van der Waals surface area contributed by atoms with Gasteiger partial charge in [0.2, 0.25) is 5.91 Å². The van der Waals surface area contributed by atoms with Crippen molar-refractivity contribution in [3.05, 3.63) is 47.4 Å². The van der Waals surface area contributed by atoms with Crippen molar-refractivity contribution in [2.24, 2.45) is 5.92 Å². The van der Waals surface area contributed by atoms with Gasteiger partial charge in [0.25, 0.3) is 5.91 Å². The Bertz CT molecular complexity index is 804. The molecule has 1 aliphatic rings. The van der Waals surface area contributed by atoms with Crippen molar-refractivity contribution in [3.63, 3.8) is 0 Å². The van der Waals surface area contributed by atoms with Crippen molar-refractivity contribution in [1.29, 1.82) is 0 Å². The molecule has 1 unspecified atom stereocenters. The van der Waals surface area contributed by atoms with Crippen molar-refractivity contribution >= 4 is 34.8 Å². The van der Waals surface area contributed by atoms with Crippen LogP contribution in [-0.2, 0) is 4.79 Å². The fraction of sp³-hybridized carbons (Fsp3) is 0.368. The average Bonchev–Trinajstić information content (AvgIpc) is 3.13. The summed E-state index contributed by atoms with van der Waals surface area (Å²) in [4.78, 5) is 29.4. The summed E-state index contributed by atoms with van der Waals surface area (Å²) in [6.45, 7) is 5.04. The maximum atomic E-state index is 13.2. The zero-order valence-electron chi connectivity index (χ0n) is 15.0. The Kier molecular flexibility index (Phi) is 5.23. The van der Waals surface area contributed by atoms with Crippen LogP contribution in [0, 0.1) is 5.92 Å². The van der Waals surface area contributed by atoms with Gasteiger partial charge in [-0.1, -0.05) is 25.4 Å². The number of nitrogens with zero attached hydrogens (tertiary/aromatic N) is 2. The van der Waals surface area contributed by atoms with Crippen molar-refractivity contribution in [3.8, 4) is 0 Å². The van der Waals surface area contributed by atoms with E-state index in [-0.39, 0.29) is 17.6 Å². The summed E-state index contributed by atoms with van der Waals surface area (Å²) >= 11 is 6.15. The molecule has 138 valence electrons. The summed E-state index contributed by atoms with van der Waals surface area (Å²) in [6.07, 6.45) is 1.43. The van der Waals surface area contributed by atoms with Gasteiger partial charge in [-0.15, -0.1) is 0 Å². The fourth-order valence-corrected chi connectivity index (χ4v) is 3.22. The molecule has 1 aliphatic heterocycles. The van der Waals surface area contributed by atoms with Crippen LogP contribution in [0.5, 0.6) is 0 Å². The van der Waals surface area contributed by atoms with Gasteiger partial charge >= 0.3 is 0 Å². The van der Waals surface area contributed by atoms with Crippen LogP contribution >= 0.6 is 11.6 Å². The van der Waals surface area contributed by atoms with Crippen LogP contribution in [0.3, 0.4) is 0 Å². The Balaban J connectivity index is 1.87. The second-order valence-corrected chi connectivity index (χ2v) is 7.15. The van der Waals surface area contributed by atoms with Gasteiger partial charge in [-0.05, 0) is 36.2 Å². The minimum atomic E-state index is -0.664. The molecule has 0 saturated carbocycles. The number of furan rings is 1. The number of amides is 2. The summed E-state index contributed by atoms with van der Waals surface area (Å²) < 4.78 is 5.13. The standard InChI is InChI=1S/C19H22ClN3O3/c1-12(2)17(21-18(24)16-5-4-10-26-16)19(25)23-9-8-22(3)14-7-6-13(20)11-15(14)23/h4-7,10-12,17H,8-9H2,1-3H3,(H,21,24). The highest BCUT2D eigenvalue weighted by atomic mass is 35.5. The highest BCUT2D eigenvalue weighted by Gasteiger charge is 2.33. The zero-order valence-corrected chi connectivity index (χ0v) is 15.8. The Morgan fingerprint density at radius 3 is 2.62 bits per heavy atom. The zero-order chi connectivity index (χ0) is 18.8. The van der Waals surface area contributed by atoms with Crippen LogP contribution in [0.15, 0.2) is 41.0 Å². The van der Waals surface area contributed by atoms with E-state index < -0.39 is 11.9 Å². The van der Waals surface area contributed by atoms with Gasteiger partial charge in [0.05, 0.1) is 17.6 Å². The molecule has 1 aromatic heterocycles. The van der Waals surface area contributed by atoms with E-state index >= 15 is 0 Å². The second kappa shape index (κ2) is 7.41. The van der Waals surface area contributed by atoms with Crippen LogP contribution in [0.2, 0.25) is 5.02 Å². The molecule has 26 heavy (non-hydrogen) atoms. The third-order valence-corrected chi connectivity index (χ3v) is 4.76. The molecule has 6 nitrogen and oxygen atoms in total. The highest BCUT2D eigenvalue weighted by molar-refractivity contribution is 6.31. The maximum Gasteiger partial charge on any atom is 0.287 e. The number of rotatable bonds is 4. The number of hydrogen-bond donors (Lipinski definition) is 1. The molecule has 7 heteroatoms. The van der Waals surface area contributed by atoms with Crippen LogP contribution in [0.4, 0.5) is 11.4 Å². The van der Waals surface area contributed by atoms with Gasteiger partial charge < -0.3 is 19.5 Å². The molecule has 2 heterocycles. The lowest BCUT2D eigenvalue weighted by Gasteiger charge is -2.38. The Morgan fingerprint density at radius 2 is 1.96 bits per heavy atom. The molecule has 0 saturated heterocycles. The van der Waals surface area contributed by atoms with Crippen molar-refractivity contribution in [2.75, 3.05) is 29.9 Å². The fourth-order valence-electron chi connectivity index (χ4n) is 3.06. The SMILES string of the molecule is CC(C)C(NC(=O)c1ccco1)C(=O)N1CCN(C)c2ccc(Cl)cc21. The number of anilines is 2. The maximum absolute atomic E-state index is 13.2. The number of benzene rings is 1. The first-order chi connectivity index (χ1) is 12.4. The van der Waals surface area contributed by atoms with E-state index in [2.05, 4.69) is 10.2 Å². The molecule has 2 amide bonds. The second-order valence-electron chi connectivity index (χ2n) is 6.72. The first-order valence-corrected chi connectivity index (χ1v) is 8.92. The van der Waals surface area contributed by atoms with Gasteiger partial charge in [0.1, 0.15) is 6.04 Å². The van der Waals surface area contributed by atoms with Gasteiger partial charge in [-0.2, -0.15) is 0 Å². The van der Waals surface area contributed by atoms with Crippen LogP contribution in [-0.4, -0.2) is 38.0 Å². The Morgan fingerprint density at radius 1 is 1.19 bits per heavy atom. The lowest BCUT2D eigenvalue weighted by atomic mass is 10.0. The molecule has 0 fully saturated rings. The van der Waals surface area contributed by atoms with Gasteiger partial charge in [-0.3, -0.25) is 9.59 Å². The predicted molar refractivity (Wildman–Crippen MR) is 102 cm³/mol. The molecule has 0 radical (unpaired) electrons. The summed E-state index contributed by atoms with van der Waals surface area (Å²) in [6, 6.07) is 8.05. The molecule has 1 N–H and O–H groups in total. The van der Waals surface area contributed by atoms with Crippen molar-refractivity contribution < 1.29 is 14.0 Å². The minimum Gasteiger partial charge on any atom is -0.459 e. The number of likely N-dealkylation sites (N-methyl/N-ethyl adjacent to an activating group) is 1. The first-order valence-electron chi connectivity index (χ1n) is 8.55. The smallest absolute Gasteiger partial charge is 0.287 e. The summed E-state index contributed by atoms with van der Waals surface area (Å²) in [5.41, 5.74) is 1.70. The van der Waals surface area contributed by atoms with E-state index in [1.54, 1.807) is 23.1 Å². The van der Waals surface area contributed by atoms with Crippen molar-refractivity contribution in [2.45, 2.75) is 19.9 Å². The molecular weight excluding hydrogens is 354 g/mol. The lowest BCUT2D eigenvalue weighted by Crippen LogP contribution is -2.54. The van der Waals surface area contributed by atoms with Gasteiger partial charge in [0, 0.05) is 25.2 Å². The van der Waals surface area contributed by atoms with E-state index in [9.17, 15) is 9.59 Å². The number of carbonyl (C=O) groups excluding carboxylic acids is 2. The van der Waals surface area contributed by atoms with E-state index in [1.165, 1.54) is 6.26 Å². The van der Waals surface area contributed by atoms with Crippen LogP contribution in [0.25, 0.3) is 0 Å². The van der Waals surface area contributed by atoms with Crippen LogP contribution in [0.1, 0.15) is 24.4 Å². The molecule has 0 aliphatic carbocycles. The Labute approximate surface area is 157 Å². The largest absolute Gasteiger partial charge is 0.459 e. The minimum absolute atomic E-state index is 0.0799. The number of fused-ring (bicyclic) bond motifs is 1. The number of carbonyl (C=O) groups is 2. The van der Waals surface area contributed by atoms with Gasteiger partial charge in [0.15, 0.2) is 5.76 Å². The molecule has 0 spiro atoms. The number of hydrogen-bond acceptors (Lipinski definition) is 4. The van der Waals surface area contributed by atoms with Crippen LogP contribution < -0.4 is 15.1 Å². The third kappa shape index (κ3) is 3.55. The van der Waals surface area contributed by atoms with Crippen molar-refractivity contribution in [1.82, 2.24) is 5.32 Å². The molecule has 0 bridgehead atoms. The lowest BCUT2D eigenvalue weighted by molar-refractivity contribution is -0.121. The van der Waals surface area contributed by atoms with E-state index in [0.29, 0.717) is 18.1 Å². The quantitative estimate of drug-likeness (QED) is 0.891.